The van der Waals surface area contributed by atoms with E-state index in [0.717, 1.165) is 0 Å². The van der Waals surface area contributed by atoms with Gasteiger partial charge in [0.25, 0.3) is 0 Å². The molecule has 1 rings (SSSR count). The molecular weight excluding hydrogens is 397 g/mol. The normalized spacial score (nSPS) is 29.1. The summed E-state index contributed by atoms with van der Waals surface area (Å²) < 4.78 is 32.2. The molecule has 0 aliphatic carbocycles. The second-order valence-electron chi connectivity index (χ2n) is 11.1. The molecule has 1 aliphatic heterocycles. The third-order valence-electron chi connectivity index (χ3n) is 3.34. The first-order valence-electron chi connectivity index (χ1n) is 9.69. The van der Waals surface area contributed by atoms with Crippen molar-refractivity contribution in [1.82, 2.24) is 0 Å². The van der Waals surface area contributed by atoms with Crippen molar-refractivity contribution in [2.75, 3.05) is 6.61 Å². The fourth-order valence-corrected chi connectivity index (χ4v) is 7.01. The minimum absolute atomic E-state index is 0.101. The largest absolute Gasteiger partial charge is 0.410 e. The summed E-state index contributed by atoms with van der Waals surface area (Å²) in [7, 11) is -7.14. The van der Waals surface area contributed by atoms with Gasteiger partial charge in [-0.15, -0.1) is 0 Å². The van der Waals surface area contributed by atoms with E-state index in [4.69, 9.17) is 22.4 Å². The van der Waals surface area contributed by atoms with Gasteiger partial charge in [0.2, 0.25) is 0 Å². The Morgan fingerprint density at radius 1 is 0.538 bits per heavy atom. The van der Waals surface area contributed by atoms with E-state index in [1.165, 1.54) is 0 Å². The monoisotopic (exact) mass is 438 g/mol. The third kappa shape index (κ3) is 9.74. The molecule has 0 aromatic heterocycles. The summed E-state index contributed by atoms with van der Waals surface area (Å²) in [5.41, 5.74) is 0. The highest BCUT2D eigenvalue weighted by Gasteiger charge is 2.48. The SMILES string of the molecule is C[Si](C)(C)OC1[C@H](O[Si](C)(C)C)CO[C@@H](O[Si](C)(C)C)[C@H]1O[Si](C)(C)C. The maximum Gasteiger partial charge on any atom is 0.187 e. The van der Waals surface area contributed by atoms with Gasteiger partial charge in [-0.2, -0.15) is 0 Å². The predicted molar refractivity (Wildman–Crippen MR) is 119 cm³/mol. The van der Waals surface area contributed by atoms with E-state index in [1.54, 1.807) is 0 Å². The molecule has 1 heterocycles. The molecule has 1 saturated heterocycles. The molecule has 0 bridgehead atoms. The molecule has 1 fully saturated rings. The third-order valence-corrected chi connectivity index (χ3v) is 7.24. The van der Waals surface area contributed by atoms with Crippen molar-refractivity contribution in [1.29, 1.82) is 0 Å². The van der Waals surface area contributed by atoms with Crippen LogP contribution in [0.4, 0.5) is 0 Å². The summed E-state index contributed by atoms with van der Waals surface area (Å²) in [6.07, 6.45) is -0.863. The lowest BCUT2D eigenvalue weighted by Crippen LogP contribution is -2.63. The fourth-order valence-electron chi connectivity index (χ4n) is 2.83. The van der Waals surface area contributed by atoms with E-state index in [9.17, 15) is 0 Å². The Morgan fingerprint density at radius 2 is 0.923 bits per heavy atom. The van der Waals surface area contributed by atoms with Crippen LogP contribution >= 0.6 is 0 Å². The fraction of sp³-hybridized carbons (Fsp3) is 1.00. The van der Waals surface area contributed by atoms with Gasteiger partial charge in [-0.25, -0.2) is 0 Å². The average molecular weight is 439 g/mol. The second-order valence-corrected chi connectivity index (χ2v) is 28.9. The summed E-state index contributed by atoms with van der Waals surface area (Å²) in [5.74, 6) is 0. The maximum atomic E-state index is 6.63. The van der Waals surface area contributed by atoms with Crippen molar-refractivity contribution in [2.24, 2.45) is 0 Å². The highest BCUT2D eigenvalue weighted by molar-refractivity contribution is 6.71. The molecule has 0 aromatic rings. The van der Waals surface area contributed by atoms with Gasteiger partial charge < -0.3 is 22.4 Å². The van der Waals surface area contributed by atoms with Gasteiger partial charge in [-0.1, -0.05) is 0 Å². The minimum Gasteiger partial charge on any atom is -0.410 e. The van der Waals surface area contributed by atoms with Crippen LogP contribution in [-0.4, -0.2) is 64.5 Å². The highest BCUT2D eigenvalue weighted by atomic mass is 28.4. The Kier molecular flexibility index (Phi) is 8.15. The summed E-state index contributed by atoms with van der Waals surface area (Å²) in [4.78, 5) is 0. The summed E-state index contributed by atoms with van der Waals surface area (Å²) >= 11 is 0. The molecule has 26 heavy (non-hydrogen) atoms. The Labute approximate surface area is 165 Å². The topological polar surface area (TPSA) is 46.2 Å². The van der Waals surface area contributed by atoms with Crippen LogP contribution in [-0.2, 0) is 22.4 Å². The van der Waals surface area contributed by atoms with Crippen LogP contribution < -0.4 is 0 Å². The van der Waals surface area contributed by atoms with Crippen molar-refractivity contribution in [3.63, 3.8) is 0 Å². The van der Waals surface area contributed by atoms with Crippen LogP contribution in [0.25, 0.3) is 0 Å². The molecule has 4 atom stereocenters. The molecule has 1 unspecified atom stereocenters. The molecule has 9 heteroatoms. The first-order valence-corrected chi connectivity index (χ1v) is 23.3. The molecule has 0 radical (unpaired) electrons. The standard InChI is InChI=1S/C17H42O5Si4/c1-23(2,3)19-14-13-18-17(22-26(10,11)12)16(21-25(7,8)9)15(14)20-24(4,5)6/h14-17H,13H2,1-12H3/t14-,15?,16+,17+/m1/s1. The zero-order chi connectivity index (χ0) is 20.6. The van der Waals surface area contributed by atoms with Gasteiger partial charge in [0, 0.05) is 0 Å². The molecule has 0 spiro atoms. The van der Waals surface area contributed by atoms with E-state index in [-0.39, 0.29) is 24.6 Å². The van der Waals surface area contributed by atoms with Gasteiger partial charge >= 0.3 is 0 Å². The van der Waals surface area contributed by atoms with E-state index in [0.29, 0.717) is 6.61 Å². The Hall–Kier alpha value is 0.668. The van der Waals surface area contributed by atoms with Gasteiger partial charge in [-0.3, -0.25) is 0 Å². The highest BCUT2D eigenvalue weighted by Crippen LogP contribution is 2.31. The second kappa shape index (κ2) is 8.58. The number of hydrogen-bond acceptors (Lipinski definition) is 5. The Bertz CT molecular complexity index is 406. The molecule has 0 amide bonds. The quantitative estimate of drug-likeness (QED) is 0.507. The summed E-state index contributed by atoms with van der Waals surface area (Å²) in [6.45, 7) is 26.9. The molecule has 0 aromatic carbocycles. The number of ether oxygens (including phenoxy) is 1. The lowest BCUT2D eigenvalue weighted by molar-refractivity contribution is -0.232. The van der Waals surface area contributed by atoms with E-state index in [1.807, 2.05) is 0 Å². The molecule has 0 saturated carbocycles. The minimum atomic E-state index is -1.82. The smallest absolute Gasteiger partial charge is 0.187 e. The van der Waals surface area contributed by atoms with Gasteiger partial charge in [0.15, 0.2) is 39.6 Å². The molecule has 0 N–H and O–H groups in total. The van der Waals surface area contributed by atoms with Gasteiger partial charge in [0.1, 0.15) is 12.2 Å². The van der Waals surface area contributed by atoms with Crippen LogP contribution in [0.15, 0.2) is 0 Å². The lowest BCUT2D eigenvalue weighted by atomic mass is 10.1. The molecule has 1 aliphatic rings. The average Bonchev–Trinajstić information content (AvgIpc) is 2.30. The van der Waals surface area contributed by atoms with Gasteiger partial charge in [-0.05, 0) is 78.6 Å². The van der Waals surface area contributed by atoms with Crippen molar-refractivity contribution >= 4 is 33.3 Å². The van der Waals surface area contributed by atoms with Crippen molar-refractivity contribution in [3.8, 4) is 0 Å². The lowest BCUT2D eigenvalue weighted by Gasteiger charge is -2.48. The summed E-state index contributed by atoms with van der Waals surface area (Å²) in [5, 5.41) is 0. The predicted octanol–water partition coefficient (Wildman–Crippen LogP) is 4.85. The Balaban J connectivity index is 3.20. The zero-order valence-electron chi connectivity index (χ0n) is 19.1. The van der Waals surface area contributed by atoms with Crippen LogP contribution in [0, 0.1) is 0 Å². The molecule has 5 nitrogen and oxygen atoms in total. The number of rotatable bonds is 8. The van der Waals surface area contributed by atoms with Crippen LogP contribution in [0.2, 0.25) is 78.6 Å². The van der Waals surface area contributed by atoms with Crippen LogP contribution in [0.5, 0.6) is 0 Å². The number of hydrogen-bond donors (Lipinski definition) is 0. The molecule has 156 valence electrons. The van der Waals surface area contributed by atoms with E-state index in [2.05, 4.69) is 78.6 Å². The van der Waals surface area contributed by atoms with E-state index < -0.39 is 33.3 Å². The van der Waals surface area contributed by atoms with Crippen molar-refractivity contribution in [3.05, 3.63) is 0 Å². The summed E-state index contributed by atoms with van der Waals surface area (Å²) in [6, 6.07) is 0. The van der Waals surface area contributed by atoms with Crippen molar-refractivity contribution in [2.45, 2.75) is 103 Å². The van der Waals surface area contributed by atoms with Crippen LogP contribution in [0.1, 0.15) is 0 Å². The first kappa shape index (κ1) is 24.7. The van der Waals surface area contributed by atoms with Crippen molar-refractivity contribution < 1.29 is 22.4 Å². The molecular formula is C17H42O5Si4. The van der Waals surface area contributed by atoms with Gasteiger partial charge in [0.05, 0.1) is 12.7 Å². The zero-order valence-corrected chi connectivity index (χ0v) is 23.1. The maximum absolute atomic E-state index is 6.63. The van der Waals surface area contributed by atoms with E-state index >= 15 is 0 Å². The Morgan fingerprint density at radius 3 is 1.31 bits per heavy atom. The first-order chi connectivity index (χ1) is 11.4. The van der Waals surface area contributed by atoms with Crippen LogP contribution in [0.3, 0.4) is 0 Å².